The summed E-state index contributed by atoms with van der Waals surface area (Å²) in [7, 11) is 1.91. The van der Waals surface area contributed by atoms with Crippen LogP contribution in [-0.2, 0) is 6.54 Å². The lowest BCUT2D eigenvalue weighted by molar-refractivity contribution is 0.583. The maximum atomic E-state index is 3.92. The van der Waals surface area contributed by atoms with Gasteiger partial charge in [-0.15, -0.1) is 24.8 Å². The standard InChI is InChI=1S/C5H10N4.2ClH/c1-6-2-3-9-5-7-4-8-9;;/h4-6H,2-3H2,1H3;2*1H. The molecule has 1 N–H and O–H groups in total. The Balaban J connectivity index is 0. The minimum Gasteiger partial charge on any atom is -0.318 e. The summed E-state index contributed by atoms with van der Waals surface area (Å²) in [6.45, 7) is 1.82. The van der Waals surface area contributed by atoms with Crippen molar-refractivity contribution in [2.45, 2.75) is 6.54 Å². The van der Waals surface area contributed by atoms with Crippen molar-refractivity contribution in [3.63, 3.8) is 0 Å². The number of hydrogen-bond acceptors (Lipinski definition) is 3. The summed E-state index contributed by atoms with van der Waals surface area (Å²) in [5, 5.41) is 6.94. The monoisotopic (exact) mass is 198 g/mol. The fourth-order valence-corrected chi connectivity index (χ4v) is 0.575. The zero-order chi connectivity index (χ0) is 6.53. The van der Waals surface area contributed by atoms with Gasteiger partial charge >= 0.3 is 0 Å². The minimum absolute atomic E-state index is 0. The molecular weight excluding hydrogens is 187 g/mol. The second kappa shape index (κ2) is 7.78. The van der Waals surface area contributed by atoms with Crippen LogP contribution in [0.5, 0.6) is 0 Å². The van der Waals surface area contributed by atoms with E-state index in [-0.39, 0.29) is 24.8 Å². The first-order valence-corrected chi connectivity index (χ1v) is 2.90. The number of aromatic nitrogens is 3. The number of nitrogens with zero attached hydrogens (tertiary/aromatic N) is 3. The van der Waals surface area contributed by atoms with E-state index in [1.54, 1.807) is 11.0 Å². The maximum absolute atomic E-state index is 3.92. The molecule has 0 aliphatic heterocycles. The van der Waals surface area contributed by atoms with E-state index in [9.17, 15) is 0 Å². The molecule has 0 spiro atoms. The van der Waals surface area contributed by atoms with Crippen molar-refractivity contribution in [3.8, 4) is 0 Å². The van der Waals surface area contributed by atoms with Crippen molar-refractivity contribution in [2.24, 2.45) is 0 Å². The molecule has 0 fully saturated rings. The Morgan fingerprint density at radius 2 is 2.18 bits per heavy atom. The smallest absolute Gasteiger partial charge is 0.137 e. The van der Waals surface area contributed by atoms with Gasteiger partial charge in [-0.1, -0.05) is 0 Å². The van der Waals surface area contributed by atoms with Crippen LogP contribution in [-0.4, -0.2) is 28.4 Å². The lowest BCUT2D eigenvalue weighted by Gasteiger charge is -1.96. The molecule has 0 aliphatic rings. The van der Waals surface area contributed by atoms with Crippen LogP contribution >= 0.6 is 24.8 Å². The van der Waals surface area contributed by atoms with Crippen molar-refractivity contribution < 1.29 is 0 Å². The average molecular weight is 199 g/mol. The number of hydrogen-bond donors (Lipinski definition) is 1. The second-order valence-electron chi connectivity index (χ2n) is 1.76. The SMILES string of the molecule is CNCCn1cncn1.Cl.Cl. The largest absolute Gasteiger partial charge is 0.318 e. The van der Waals surface area contributed by atoms with Crippen molar-refractivity contribution in [3.05, 3.63) is 12.7 Å². The van der Waals surface area contributed by atoms with Crippen LogP contribution in [0.25, 0.3) is 0 Å². The Labute approximate surface area is 78.2 Å². The van der Waals surface area contributed by atoms with Crippen LogP contribution in [0.3, 0.4) is 0 Å². The van der Waals surface area contributed by atoms with Gasteiger partial charge in [-0.3, -0.25) is 4.68 Å². The van der Waals surface area contributed by atoms with Gasteiger partial charge in [0.2, 0.25) is 0 Å². The molecule has 0 saturated heterocycles. The third-order valence-electron chi connectivity index (χ3n) is 1.06. The summed E-state index contributed by atoms with van der Waals surface area (Å²) < 4.78 is 1.79. The van der Waals surface area contributed by atoms with Crippen LogP contribution in [0.4, 0.5) is 0 Å². The lowest BCUT2D eigenvalue weighted by atomic mass is 10.6. The van der Waals surface area contributed by atoms with Crippen LogP contribution in [0.2, 0.25) is 0 Å². The highest BCUT2D eigenvalue weighted by Crippen LogP contribution is 1.75. The third-order valence-corrected chi connectivity index (χ3v) is 1.06. The summed E-state index contributed by atoms with van der Waals surface area (Å²) in [5.41, 5.74) is 0. The van der Waals surface area contributed by atoms with E-state index in [1.807, 2.05) is 7.05 Å². The highest BCUT2D eigenvalue weighted by molar-refractivity contribution is 5.85. The van der Waals surface area contributed by atoms with E-state index in [2.05, 4.69) is 15.4 Å². The molecule has 0 radical (unpaired) electrons. The molecule has 4 nitrogen and oxygen atoms in total. The first-order chi connectivity index (χ1) is 4.43. The fourth-order valence-electron chi connectivity index (χ4n) is 0.575. The van der Waals surface area contributed by atoms with Gasteiger partial charge in [0.25, 0.3) is 0 Å². The predicted octanol–water partition coefficient (Wildman–Crippen LogP) is 0.341. The van der Waals surface area contributed by atoms with Gasteiger partial charge < -0.3 is 5.32 Å². The van der Waals surface area contributed by atoms with Gasteiger partial charge in [-0.2, -0.15) is 5.10 Å². The molecule has 1 aromatic rings. The molecule has 1 rings (SSSR count). The van der Waals surface area contributed by atoms with Crippen LogP contribution < -0.4 is 5.32 Å². The molecule has 0 unspecified atom stereocenters. The molecule has 6 heteroatoms. The average Bonchev–Trinajstić information content (AvgIpc) is 2.34. The lowest BCUT2D eigenvalue weighted by Crippen LogP contribution is -2.14. The second-order valence-corrected chi connectivity index (χ2v) is 1.76. The summed E-state index contributed by atoms with van der Waals surface area (Å²) in [6, 6.07) is 0. The van der Waals surface area contributed by atoms with E-state index < -0.39 is 0 Å². The van der Waals surface area contributed by atoms with Gasteiger partial charge in [0.05, 0.1) is 6.54 Å². The quantitative estimate of drug-likeness (QED) is 0.763. The van der Waals surface area contributed by atoms with Gasteiger partial charge in [0.1, 0.15) is 12.7 Å². The van der Waals surface area contributed by atoms with Crippen molar-refractivity contribution in [1.82, 2.24) is 20.1 Å². The highest BCUT2D eigenvalue weighted by atomic mass is 35.5. The Kier molecular flexibility index (Phi) is 9.40. The summed E-state index contributed by atoms with van der Waals surface area (Å²) in [5.74, 6) is 0. The molecule has 0 bridgehead atoms. The van der Waals surface area contributed by atoms with E-state index in [0.717, 1.165) is 13.1 Å². The maximum Gasteiger partial charge on any atom is 0.137 e. The van der Waals surface area contributed by atoms with Gasteiger partial charge in [0.15, 0.2) is 0 Å². The zero-order valence-electron chi connectivity index (χ0n) is 6.23. The van der Waals surface area contributed by atoms with Gasteiger partial charge in [-0.05, 0) is 7.05 Å². The number of rotatable bonds is 3. The normalized spacial score (nSPS) is 8.09. The summed E-state index contributed by atoms with van der Waals surface area (Å²) in [4.78, 5) is 3.80. The molecule has 0 saturated carbocycles. The third kappa shape index (κ3) is 5.01. The Hall–Kier alpha value is -0.320. The fraction of sp³-hybridized carbons (Fsp3) is 0.600. The molecule has 66 valence electrons. The summed E-state index contributed by atoms with van der Waals surface area (Å²) in [6.07, 6.45) is 3.24. The van der Waals surface area contributed by atoms with E-state index in [4.69, 9.17) is 0 Å². The molecule has 11 heavy (non-hydrogen) atoms. The Bertz CT molecular complexity index is 154. The van der Waals surface area contributed by atoms with E-state index in [1.165, 1.54) is 6.33 Å². The number of likely N-dealkylation sites (N-methyl/N-ethyl adjacent to an activating group) is 1. The Morgan fingerprint density at radius 1 is 1.45 bits per heavy atom. The van der Waals surface area contributed by atoms with Crippen molar-refractivity contribution >= 4 is 24.8 Å². The van der Waals surface area contributed by atoms with Crippen molar-refractivity contribution in [2.75, 3.05) is 13.6 Å². The number of nitrogens with one attached hydrogen (secondary N) is 1. The molecule has 1 aromatic heterocycles. The zero-order valence-corrected chi connectivity index (χ0v) is 7.86. The molecule has 0 aromatic carbocycles. The van der Waals surface area contributed by atoms with Crippen LogP contribution in [0.1, 0.15) is 0 Å². The van der Waals surface area contributed by atoms with E-state index in [0.29, 0.717) is 0 Å². The molecule has 0 aliphatic carbocycles. The molecular formula is C5H12Cl2N4. The van der Waals surface area contributed by atoms with Crippen molar-refractivity contribution in [1.29, 1.82) is 0 Å². The molecule has 0 atom stereocenters. The first kappa shape index (κ1) is 13.3. The molecule has 0 amide bonds. The minimum atomic E-state index is 0. The van der Waals surface area contributed by atoms with Gasteiger partial charge in [-0.25, -0.2) is 4.98 Å². The van der Waals surface area contributed by atoms with E-state index >= 15 is 0 Å². The predicted molar refractivity (Wildman–Crippen MR) is 48.4 cm³/mol. The first-order valence-electron chi connectivity index (χ1n) is 2.90. The summed E-state index contributed by atoms with van der Waals surface area (Å²) >= 11 is 0. The van der Waals surface area contributed by atoms with Crippen LogP contribution in [0.15, 0.2) is 12.7 Å². The number of halogens is 2. The topological polar surface area (TPSA) is 42.7 Å². The van der Waals surface area contributed by atoms with Crippen LogP contribution in [0, 0.1) is 0 Å². The van der Waals surface area contributed by atoms with Gasteiger partial charge in [0, 0.05) is 6.54 Å². The highest BCUT2D eigenvalue weighted by Gasteiger charge is 1.85. The molecule has 1 heterocycles. The Morgan fingerprint density at radius 3 is 2.64 bits per heavy atom.